The van der Waals surface area contributed by atoms with Gasteiger partial charge < -0.3 is 15.6 Å². The van der Waals surface area contributed by atoms with Gasteiger partial charge in [-0.1, -0.05) is 36.4 Å². The van der Waals surface area contributed by atoms with Crippen LogP contribution in [0.15, 0.2) is 66.7 Å². The molecular formula is C27H32N4O. The Morgan fingerprint density at radius 1 is 0.938 bits per heavy atom. The van der Waals surface area contributed by atoms with Gasteiger partial charge in [0.1, 0.15) is 0 Å². The summed E-state index contributed by atoms with van der Waals surface area (Å²) >= 11 is 0. The second-order valence-electron chi connectivity index (χ2n) is 8.34. The number of nitrogens with one attached hydrogen (secondary N) is 1. The van der Waals surface area contributed by atoms with Crippen LogP contribution in [0, 0.1) is 0 Å². The summed E-state index contributed by atoms with van der Waals surface area (Å²) in [4.78, 5) is 13.7. The fraction of sp³-hybridized carbons (Fsp3) is 0.296. The molecule has 0 spiro atoms. The van der Waals surface area contributed by atoms with Crippen LogP contribution in [0.4, 0.5) is 5.69 Å². The topological polar surface area (TPSA) is 63.3 Å². The summed E-state index contributed by atoms with van der Waals surface area (Å²) in [6.45, 7) is 8.02. The van der Waals surface area contributed by atoms with Crippen molar-refractivity contribution in [2.75, 3.05) is 18.4 Å². The zero-order valence-electron chi connectivity index (χ0n) is 19.0. The number of nitrogens with zero attached hydrogens (tertiary/aromatic N) is 2. The van der Waals surface area contributed by atoms with Crippen LogP contribution in [-0.4, -0.2) is 28.5 Å². The number of amides is 1. The van der Waals surface area contributed by atoms with Crippen LogP contribution in [0.1, 0.15) is 31.4 Å². The minimum Gasteiger partial charge on any atom is -0.341 e. The van der Waals surface area contributed by atoms with Crippen LogP contribution in [0.5, 0.6) is 0 Å². The first-order chi connectivity index (χ1) is 15.6. The second-order valence-corrected chi connectivity index (χ2v) is 8.34. The molecule has 0 bridgehead atoms. The molecular weight excluding hydrogens is 396 g/mol. The quantitative estimate of drug-likeness (QED) is 0.389. The van der Waals surface area contributed by atoms with Crippen molar-refractivity contribution >= 4 is 33.4 Å². The van der Waals surface area contributed by atoms with Crippen molar-refractivity contribution < 1.29 is 4.79 Å². The summed E-state index contributed by atoms with van der Waals surface area (Å²) in [5.74, 6) is -0.0536. The van der Waals surface area contributed by atoms with E-state index >= 15 is 0 Å². The Morgan fingerprint density at radius 3 is 2.34 bits per heavy atom. The predicted octanol–water partition coefficient (Wildman–Crippen LogP) is 5.12. The summed E-state index contributed by atoms with van der Waals surface area (Å²) in [6.07, 6.45) is 0.960. The first kappa shape index (κ1) is 22.1. The fourth-order valence-corrected chi connectivity index (χ4v) is 4.48. The van der Waals surface area contributed by atoms with E-state index in [1.165, 1.54) is 39.9 Å². The standard InChI is InChI=1S/C27H32N4O/c1-3-31-26-8-5-4-7-24(26)25-17-22(11-14-27(25)31)19-30(16-6-15-28)18-21-9-12-23(13-10-21)29-20(2)32/h4-5,7-14,17H,3,6,15-16,18-19,28H2,1-2H3,(H,29,32). The first-order valence-electron chi connectivity index (χ1n) is 11.4. The lowest BCUT2D eigenvalue weighted by Gasteiger charge is -2.23. The number of hydrogen-bond donors (Lipinski definition) is 2. The van der Waals surface area contributed by atoms with E-state index in [9.17, 15) is 4.79 Å². The molecule has 1 aromatic heterocycles. The lowest BCUT2D eigenvalue weighted by molar-refractivity contribution is -0.114. The zero-order valence-corrected chi connectivity index (χ0v) is 19.0. The molecule has 166 valence electrons. The predicted molar refractivity (Wildman–Crippen MR) is 134 cm³/mol. The van der Waals surface area contributed by atoms with E-state index < -0.39 is 0 Å². The van der Waals surface area contributed by atoms with Gasteiger partial charge in [0, 0.05) is 60.6 Å². The Labute approximate surface area is 189 Å². The third-order valence-electron chi connectivity index (χ3n) is 5.92. The number of anilines is 1. The van der Waals surface area contributed by atoms with E-state index in [4.69, 9.17) is 5.73 Å². The minimum absolute atomic E-state index is 0.0536. The summed E-state index contributed by atoms with van der Waals surface area (Å²) < 4.78 is 2.39. The van der Waals surface area contributed by atoms with Crippen LogP contribution >= 0.6 is 0 Å². The Balaban J connectivity index is 1.58. The normalized spacial score (nSPS) is 11.5. The van der Waals surface area contributed by atoms with Gasteiger partial charge in [0.25, 0.3) is 0 Å². The molecule has 1 amide bonds. The molecule has 32 heavy (non-hydrogen) atoms. The number of nitrogens with two attached hydrogens (primary N) is 1. The molecule has 0 fully saturated rings. The monoisotopic (exact) mass is 428 g/mol. The van der Waals surface area contributed by atoms with Gasteiger partial charge in [-0.2, -0.15) is 0 Å². The summed E-state index contributed by atoms with van der Waals surface area (Å²) in [5.41, 5.74) is 11.8. The highest BCUT2D eigenvalue weighted by Gasteiger charge is 2.12. The van der Waals surface area contributed by atoms with Crippen molar-refractivity contribution in [3.63, 3.8) is 0 Å². The number of aryl methyl sites for hydroxylation is 1. The molecule has 5 heteroatoms. The Bertz CT molecular complexity index is 1210. The maximum Gasteiger partial charge on any atom is 0.221 e. The third kappa shape index (κ3) is 4.85. The molecule has 1 heterocycles. The average Bonchev–Trinajstić information content (AvgIpc) is 3.11. The number of fused-ring (bicyclic) bond motifs is 3. The minimum atomic E-state index is -0.0536. The van der Waals surface area contributed by atoms with E-state index in [-0.39, 0.29) is 5.91 Å². The Hall–Kier alpha value is -3.15. The van der Waals surface area contributed by atoms with E-state index in [0.717, 1.165) is 38.3 Å². The molecule has 5 nitrogen and oxygen atoms in total. The van der Waals surface area contributed by atoms with E-state index in [1.54, 1.807) is 0 Å². The number of aromatic nitrogens is 1. The van der Waals surface area contributed by atoms with Crippen molar-refractivity contribution in [3.8, 4) is 0 Å². The molecule has 3 aromatic carbocycles. The van der Waals surface area contributed by atoms with Crippen molar-refractivity contribution in [1.29, 1.82) is 0 Å². The van der Waals surface area contributed by atoms with E-state index in [1.807, 2.05) is 12.1 Å². The van der Waals surface area contributed by atoms with Gasteiger partial charge in [-0.15, -0.1) is 0 Å². The molecule has 4 aromatic rings. The van der Waals surface area contributed by atoms with Crippen molar-refractivity contribution in [1.82, 2.24) is 9.47 Å². The highest BCUT2D eigenvalue weighted by Crippen LogP contribution is 2.30. The van der Waals surface area contributed by atoms with Crippen LogP contribution < -0.4 is 11.1 Å². The zero-order chi connectivity index (χ0) is 22.5. The van der Waals surface area contributed by atoms with E-state index in [2.05, 4.69) is 76.3 Å². The smallest absolute Gasteiger partial charge is 0.221 e. The van der Waals surface area contributed by atoms with Crippen LogP contribution in [0.25, 0.3) is 21.8 Å². The van der Waals surface area contributed by atoms with Gasteiger partial charge in [0.05, 0.1) is 0 Å². The fourth-order valence-electron chi connectivity index (χ4n) is 4.48. The van der Waals surface area contributed by atoms with E-state index in [0.29, 0.717) is 6.54 Å². The Morgan fingerprint density at radius 2 is 1.62 bits per heavy atom. The third-order valence-corrected chi connectivity index (χ3v) is 5.92. The number of carbonyl (C=O) groups excluding carboxylic acids is 1. The summed E-state index contributed by atoms with van der Waals surface area (Å²) in [5, 5.41) is 5.46. The van der Waals surface area contributed by atoms with Crippen molar-refractivity contribution in [2.45, 2.75) is 39.9 Å². The number of hydrogen-bond acceptors (Lipinski definition) is 3. The molecule has 0 saturated heterocycles. The lowest BCUT2D eigenvalue weighted by atomic mass is 10.1. The van der Waals surface area contributed by atoms with Gasteiger partial charge in [-0.05, 0) is 61.3 Å². The molecule has 0 aliphatic heterocycles. The maximum atomic E-state index is 11.3. The molecule has 3 N–H and O–H groups in total. The Kier molecular flexibility index (Phi) is 6.88. The summed E-state index contributed by atoms with van der Waals surface area (Å²) in [7, 11) is 0. The SMILES string of the molecule is CCn1c2ccccc2c2cc(CN(CCCN)Cc3ccc(NC(C)=O)cc3)ccc21. The summed E-state index contributed by atoms with van der Waals surface area (Å²) in [6, 6.07) is 23.6. The van der Waals surface area contributed by atoms with Gasteiger partial charge in [0.15, 0.2) is 0 Å². The van der Waals surface area contributed by atoms with Gasteiger partial charge in [-0.25, -0.2) is 0 Å². The van der Waals surface area contributed by atoms with Gasteiger partial charge in [0.2, 0.25) is 5.91 Å². The van der Waals surface area contributed by atoms with Gasteiger partial charge >= 0.3 is 0 Å². The highest BCUT2D eigenvalue weighted by molar-refractivity contribution is 6.08. The highest BCUT2D eigenvalue weighted by atomic mass is 16.1. The van der Waals surface area contributed by atoms with Gasteiger partial charge in [-0.3, -0.25) is 9.69 Å². The van der Waals surface area contributed by atoms with Crippen LogP contribution in [0.3, 0.4) is 0 Å². The second kappa shape index (κ2) is 9.98. The number of rotatable bonds is 9. The molecule has 0 aliphatic carbocycles. The van der Waals surface area contributed by atoms with Crippen LogP contribution in [0.2, 0.25) is 0 Å². The molecule has 0 unspecified atom stereocenters. The van der Waals surface area contributed by atoms with Crippen molar-refractivity contribution in [3.05, 3.63) is 77.9 Å². The number of carbonyl (C=O) groups is 1. The largest absolute Gasteiger partial charge is 0.341 e. The average molecular weight is 429 g/mol. The molecule has 0 atom stereocenters. The number of benzene rings is 3. The number of para-hydroxylation sites is 1. The lowest BCUT2D eigenvalue weighted by Crippen LogP contribution is -2.25. The molecule has 4 rings (SSSR count). The first-order valence-corrected chi connectivity index (χ1v) is 11.4. The van der Waals surface area contributed by atoms with Crippen molar-refractivity contribution in [2.24, 2.45) is 5.73 Å². The maximum absolute atomic E-state index is 11.3. The molecule has 0 radical (unpaired) electrons. The molecule has 0 aliphatic rings. The van der Waals surface area contributed by atoms with Crippen LogP contribution in [-0.2, 0) is 24.4 Å². The molecule has 0 saturated carbocycles.